The normalized spacial score (nSPS) is 11.8. The first-order valence-electron chi connectivity index (χ1n) is 6.74. The molecule has 1 amide bonds. The van der Waals surface area contributed by atoms with Crippen LogP contribution >= 0.6 is 11.6 Å². The molecule has 21 heavy (non-hydrogen) atoms. The summed E-state index contributed by atoms with van der Waals surface area (Å²) in [6.07, 6.45) is 3.17. The van der Waals surface area contributed by atoms with Crippen molar-refractivity contribution in [2.24, 2.45) is 0 Å². The molecule has 0 aliphatic carbocycles. The fraction of sp³-hybridized carbons (Fsp3) is 0.250. The van der Waals surface area contributed by atoms with Gasteiger partial charge in [-0.25, -0.2) is 0 Å². The van der Waals surface area contributed by atoms with Gasteiger partial charge in [-0.2, -0.15) is 0 Å². The number of rotatable bonds is 5. The van der Waals surface area contributed by atoms with Gasteiger partial charge in [0.25, 0.3) is 5.91 Å². The lowest BCUT2D eigenvalue weighted by molar-refractivity contribution is -0.122. The lowest BCUT2D eigenvalue weighted by atomic mass is 10.2. The first-order valence-corrected chi connectivity index (χ1v) is 7.11. The molecule has 0 saturated heterocycles. The summed E-state index contributed by atoms with van der Waals surface area (Å²) in [6, 6.07) is 9.01. The Morgan fingerprint density at radius 3 is 2.90 bits per heavy atom. The Labute approximate surface area is 129 Å². The van der Waals surface area contributed by atoms with E-state index in [1.807, 2.05) is 26.0 Å². The summed E-state index contributed by atoms with van der Waals surface area (Å²) in [6.45, 7) is 3.83. The molecule has 0 aliphatic rings. The second-order valence-corrected chi connectivity index (χ2v) is 5.09. The zero-order valence-electron chi connectivity index (χ0n) is 12.0. The van der Waals surface area contributed by atoms with Gasteiger partial charge in [0, 0.05) is 6.20 Å². The number of hydrogen-bond donors (Lipinski definition) is 1. The summed E-state index contributed by atoms with van der Waals surface area (Å²) in [5.41, 5.74) is 1.66. The van der Waals surface area contributed by atoms with Crippen molar-refractivity contribution in [2.45, 2.75) is 26.4 Å². The first-order chi connectivity index (χ1) is 10.1. The lowest BCUT2D eigenvalue weighted by Crippen LogP contribution is -2.32. The molecule has 1 heterocycles. The molecule has 0 saturated carbocycles. The molecule has 1 aromatic heterocycles. The number of ether oxygens (including phenoxy) is 1. The molecule has 2 rings (SSSR count). The molecule has 0 aliphatic heterocycles. The predicted molar refractivity (Wildman–Crippen MR) is 83.8 cm³/mol. The van der Waals surface area contributed by atoms with E-state index in [2.05, 4.69) is 10.3 Å². The van der Waals surface area contributed by atoms with E-state index in [4.69, 9.17) is 16.3 Å². The van der Waals surface area contributed by atoms with Gasteiger partial charge in [0.2, 0.25) is 0 Å². The van der Waals surface area contributed by atoms with E-state index >= 15 is 0 Å². The molecule has 4 nitrogen and oxygen atoms in total. The SMILES string of the molecule is CC[C@H](Oc1cc(C)ccc1Cl)C(=O)Nc1cccnc1. The number of nitrogens with one attached hydrogen (secondary N) is 1. The number of pyridine rings is 1. The maximum atomic E-state index is 12.2. The van der Waals surface area contributed by atoms with Gasteiger partial charge in [-0.1, -0.05) is 24.6 Å². The number of benzene rings is 1. The van der Waals surface area contributed by atoms with Gasteiger partial charge in [-0.05, 0) is 43.2 Å². The van der Waals surface area contributed by atoms with Crippen LogP contribution in [0.1, 0.15) is 18.9 Å². The molecular weight excluding hydrogens is 288 g/mol. The second kappa shape index (κ2) is 7.09. The van der Waals surface area contributed by atoms with E-state index in [1.165, 1.54) is 0 Å². The van der Waals surface area contributed by atoms with E-state index in [-0.39, 0.29) is 5.91 Å². The van der Waals surface area contributed by atoms with Crippen LogP contribution in [0.4, 0.5) is 5.69 Å². The highest BCUT2D eigenvalue weighted by molar-refractivity contribution is 6.32. The Morgan fingerprint density at radius 2 is 2.24 bits per heavy atom. The van der Waals surface area contributed by atoms with Gasteiger partial charge in [0.1, 0.15) is 5.75 Å². The molecule has 0 radical (unpaired) electrons. The van der Waals surface area contributed by atoms with Crippen molar-refractivity contribution in [3.05, 3.63) is 53.3 Å². The van der Waals surface area contributed by atoms with Crippen LogP contribution in [0.15, 0.2) is 42.7 Å². The summed E-state index contributed by atoms with van der Waals surface area (Å²) >= 11 is 6.10. The minimum atomic E-state index is -0.607. The number of halogens is 1. The van der Waals surface area contributed by atoms with Crippen LogP contribution < -0.4 is 10.1 Å². The van der Waals surface area contributed by atoms with Crippen LogP contribution in [0.25, 0.3) is 0 Å². The topological polar surface area (TPSA) is 51.2 Å². The Hall–Kier alpha value is -2.07. The second-order valence-electron chi connectivity index (χ2n) is 4.68. The van der Waals surface area contributed by atoms with Gasteiger partial charge in [0.15, 0.2) is 6.10 Å². The van der Waals surface area contributed by atoms with Crippen molar-refractivity contribution in [1.29, 1.82) is 0 Å². The summed E-state index contributed by atoms with van der Waals surface area (Å²) in [5, 5.41) is 3.27. The molecule has 1 aromatic carbocycles. The Morgan fingerprint density at radius 1 is 1.43 bits per heavy atom. The number of anilines is 1. The fourth-order valence-electron chi connectivity index (χ4n) is 1.84. The van der Waals surface area contributed by atoms with E-state index < -0.39 is 6.10 Å². The van der Waals surface area contributed by atoms with Gasteiger partial charge in [0.05, 0.1) is 16.9 Å². The summed E-state index contributed by atoms with van der Waals surface area (Å²) in [5.74, 6) is 0.299. The molecule has 0 unspecified atom stereocenters. The third-order valence-electron chi connectivity index (χ3n) is 2.95. The highest BCUT2D eigenvalue weighted by atomic mass is 35.5. The van der Waals surface area contributed by atoms with Crippen LogP contribution in [-0.2, 0) is 4.79 Å². The van der Waals surface area contributed by atoms with E-state index in [1.54, 1.807) is 30.6 Å². The number of carbonyl (C=O) groups excluding carboxylic acids is 1. The molecule has 0 fully saturated rings. The van der Waals surface area contributed by atoms with Crippen LogP contribution in [0.5, 0.6) is 5.75 Å². The van der Waals surface area contributed by atoms with Gasteiger partial charge >= 0.3 is 0 Å². The number of amides is 1. The molecule has 0 spiro atoms. The van der Waals surface area contributed by atoms with Crippen LogP contribution in [0, 0.1) is 6.92 Å². The van der Waals surface area contributed by atoms with Crippen LogP contribution in [-0.4, -0.2) is 17.0 Å². The maximum Gasteiger partial charge on any atom is 0.265 e. The highest BCUT2D eigenvalue weighted by Crippen LogP contribution is 2.27. The van der Waals surface area contributed by atoms with Crippen molar-refractivity contribution in [2.75, 3.05) is 5.32 Å². The van der Waals surface area contributed by atoms with Crippen molar-refractivity contribution >= 4 is 23.2 Å². The van der Waals surface area contributed by atoms with Crippen molar-refractivity contribution < 1.29 is 9.53 Å². The number of nitrogens with zero attached hydrogens (tertiary/aromatic N) is 1. The molecular formula is C16H17ClN2O2. The molecule has 110 valence electrons. The third-order valence-corrected chi connectivity index (χ3v) is 3.26. The minimum absolute atomic E-state index is 0.219. The van der Waals surface area contributed by atoms with Crippen LogP contribution in [0.2, 0.25) is 5.02 Å². The zero-order chi connectivity index (χ0) is 15.2. The quantitative estimate of drug-likeness (QED) is 0.913. The van der Waals surface area contributed by atoms with Gasteiger partial charge < -0.3 is 10.1 Å². The average molecular weight is 305 g/mol. The number of hydrogen-bond acceptors (Lipinski definition) is 3. The molecule has 1 N–H and O–H groups in total. The summed E-state index contributed by atoms with van der Waals surface area (Å²) < 4.78 is 5.74. The molecule has 2 aromatic rings. The van der Waals surface area contributed by atoms with Crippen LogP contribution in [0.3, 0.4) is 0 Å². The standard InChI is InChI=1S/C16H17ClN2O2/c1-3-14(16(20)19-12-5-4-8-18-10-12)21-15-9-11(2)6-7-13(15)17/h4-10,14H,3H2,1-2H3,(H,19,20)/t14-/m0/s1. The maximum absolute atomic E-state index is 12.2. The zero-order valence-corrected chi connectivity index (χ0v) is 12.7. The van der Waals surface area contributed by atoms with Gasteiger partial charge in [-0.3, -0.25) is 9.78 Å². The fourth-order valence-corrected chi connectivity index (χ4v) is 2.00. The predicted octanol–water partition coefficient (Wildman–Crippen LogP) is 3.84. The molecule has 0 bridgehead atoms. The smallest absolute Gasteiger partial charge is 0.265 e. The van der Waals surface area contributed by atoms with Gasteiger partial charge in [-0.15, -0.1) is 0 Å². The Balaban J connectivity index is 2.09. The van der Waals surface area contributed by atoms with E-state index in [9.17, 15) is 4.79 Å². The third kappa shape index (κ3) is 4.20. The summed E-state index contributed by atoms with van der Waals surface area (Å²) in [4.78, 5) is 16.2. The highest BCUT2D eigenvalue weighted by Gasteiger charge is 2.19. The monoisotopic (exact) mass is 304 g/mol. The molecule has 1 atom stereocenters. The van der Waals surface area contributed by atoms with E-state index in [0.29, 0.717) is 22.9 Å². The minimum Gasteiger partial charge on any atom is -0.479 e. The summed E-state index contributed by atoms with van der Waals surface area (Å²) in [7, 11) is 0. The number of carbonyl (C=O) groups is 1. The lowest BCUT2D eigenvalue weighted by Gasteiger charge is -2.18. The molecule has 5 heteroatoms. The van der Waals surface area contributed by atoms with E-state index in [0.717, 1.165) is 5.56 Å². The average Bonchev–Trinajstić information content (AvgIpc) is 2.49. The number of aryl methyl sites for hydroxylation is 1. The van der Waals surface area contributed by atoms with Crippen molar-refractivity contribution in [3.8, 4) is 5.75 Å². The van der Waals surface area contributed by atoms with Crippen molar-refractivity contribution in [1.82, 2.24) is 4.98 Å². The first kappa shape index (κ1) is 15.3. The Kier molecular flexibility index (Phi) is 5.17. The Bertz CT molecular complexity index is 617. The largest absolute Gasteiger partial charge is 0.479 e. The number of aromatic nitrogens is 1. The van der Waals surface area contributed by atoms with Crippen molar-refractivity contribution in [3.63, 3.8) is 0 Å².